The van der Waals surface area contributed by atoms with Crippen LogP contribution < -0.4 is 4.74 Å². The number of carboxylic acids is 2. The van der Waals surface area contributed by atoms with Crippen LogP contribution in [0, 0.1) is 6.92 Å². The maximum atomic E-state index is 10.8. The van der Waals surface area contributed by atoms with Gasteiger partial charge in [0.2, 0.25) is 6.10 Å². The van der Waals surface area contributed by atoms with Gasteiger partial charge in [-0.05, 0) is 30.7 Å². The van der Waals surface area contributed by atoms with E-state index in [9.17, 15) is 9.59 Å². The van der Waals surface area contributed by atoms with E-state index in [0.29, 0.717) is 16.3 Å². The first-order valence-corrected chi connectivity index (χ1v) is 5.15. The molecule has 1 aromatic carbocycles. The Morgan fingerprint density at radius 1 is 1.41 bits per heavy atom. The van der Waals surface area contributed by atoms with E-state index >= 15 is 0 Å². The summed E-state index contributed by atoms with van der Waals surface area (Å²) in [6.45, 7) is 1.70. The van der Waals surface area contributed by atoms with Crippen molar-refractivity contribution in [3.63, 3.8) is 0 Å². The van der Waals surface area contributed by atoms with E-state index in [2.05, 4.69) is 0 Å². The summed E-state index contributed by atoms with van der Waals surface area (Å²) in [6.07, 6.45) is -2.01. The molecule has 5 nitrogen and oxygen atoms in total. The van der Waals surface area contributed by atoms with Crippen LogP contribution in [0.2, 0.25) is 5.02 Å². The monoisotopic (exact) mass is 258 g/mol. The fourth-order valence-corrected chi connectivity index (χ4v) is 1.46. The maximum Gasteiger partial charge on any atom is 0.345 e. The average molecular weight is 259 g/mol. The number of carboxylic acid groups (broad SMARTS) is 2. The zero-order chi connectivity index (χ0) is 13.0. The van der Waals surface area contributed by atoms with Gasteiger partial charge in [0.05, 0.1) is 6.42 Å². The number of aryl methyl sites for hydroxylation is 1. The molecule has 0 bridgehead atoms. The Labute approximate surface area is 103 Å². The first-order valence-electron chi connectivity index (χ1n) is 4.77. The maximum absolute atomic E-state index is 10.8. The zero-order valence-corrected chi connectivity index (χ0v) is 9.77. The van der Waals surface area contributed by atoms with E-state index in [1.807, 2.05) is 0 Å². The predicted octanol–water partition coefficient (Wildman–Crippen LogP) is 1.96. The quantitative estimate of drug-likeness (QED) is 0.843. The summed E-state index contributed by atoms with van der Waals surface area (Å²) in [5.41, 5.74) is 0.647. The molecule has 0 aliphatic heterocycles. The molecule has 1 unspecified atom stereocenters. The lowest BCUT2D eigenvalue weighted by molar-refractivity contribution is -0.151. The number of hydrogen-bond acceptors (Lipinski definition) is 3. The topological polar surface area (TPSA) is 83.8 Å². The molecule has 0 fully saturated rings. The van der Waals surface area contributed by atoms with Crippen molar-refractivity contribution >= 4 is 23.5 Å². The summed E-state index contributed by atoms with van der Waals surface area (Å²) in [6, 6.07) is 4.66. The van der Waals surface area contributed by atoms with Crippen LogP contribution in [-0.2, 0) is 9.59 Å². The van der Waals surface area contributed by atoms with Gasteiger partial charge in [-0.25, -0.2) is 4.79 Å². The van der Waals surface area contributed by atoms with Crippen LogP contribution in [0.25, 0.3) is 0 Å². The molecule has 6 heteroatoms. The molecule has 0 amide bonds. The molecule has 0 heterocycles. The van der Waals surface area contributed by atoms with Crippen molar-refractivity contribution in [1.82, 2.24) is 0 Å². The predicted molar refractivity (Wildman–Crippen MR) is 60.5 cm³/mol. The molecule has 0 spiro atoms. The van der Waals surface area contributed by atoms with Crippen LogP contribution in [0.1, 0.15) is 12.0 Å². The fraction of sp³-hybridized carbons (Fsp3) is 0.273. The highest BCUT2D eigenvalue weighted by atomic mass is 35.5. The van der Waals surface area contributed by atoms with Crippen molar-refractivity contribution in [1.29, 1.82) is 0 Å². The molecule has 0 aliphatic rings. The van der Waals surface area contributed by atoms with Crippen LogP contribution in [-0.4, -0.2) is 28.3 Å². The summed E-state index contributed by atoms with van der Waals surface area (Å²) in [7, 11) is 0. The van der Waals surface area contributed by atoms with Gasteiger partial charge in [-0.3, -0.25) is 4.79 Å². The average Bonchev–Trinajstić information content (AvgIpc) is 2.19. The summed E-state index contributed by atoms with van der Waals surface area (Å²) < 4.78 is 5.13. The Morgan fingerprint density at radius 3 is 2.53 bits per heavy atom. The van der Waals surface area contributed by atoms with Crippen molar-refractivity contribution < 1.29 is 24.5 Å². The Bertz CT molecular complexity index is 443. The third-order valence-electron chi connectivity index (χ3n) is 2.04. The van der Waals surface area contributed by atoms with Crippen LogP contribution >= 0.6 is 11.6 Å². The number of aliphatic carboxylic acids is 2. The molecule has 17 heavy (non-hydrogen) atoms. The molecule has 0 radical (unpaired) electrons. The highest BCUT2D eigenvalue weighted by Gasteiger charge is 2.23. The largest absolute Gasteiger partial charge is 0.481 e. The number of benzene rings is 1. The SMILES string of the molecule is Cc1cc(Cl)ccc1OC(CC(=O)O)C(=O)O. The smallest absolute Gasteiger partial charge is 0.345 e. The molecular formula is C11H11ClO5. The second kappa shape index (κ2) is 5.54. The van der Waals surface area contributed by atoms with Gasteiger partial charge in [-0.2, -0.15) is 0 Å². The lowest BCUT2D eigenvalue weighted by atomic mass is 10.2. The summed E-state index contributed by atoms with van der Waals surface area (Å²) in [4.78, 5) is 21.3. The molecule has 2 N–H and O–H groups in total. The fourth-order valence-electron chi connectivity index (χ4n) is 1.24. The molecule has 1 atom stereocenters. The van der Waals surface area contributed by atoms with Crippen LogP contribution in [0.4, 0.5) is 0 Å². The normalized spacial score (nSPS) is 11.9. The number of halogens is 1. The number of carbonyl (C=O) groups is 2. The lowest BCUT2D eigenvalue weighted by Gasteiger charge is -2.15. The minimum atomic E-state index is -1.41. The minimum absolute atomic E-state index is 0.308. The molecule has 0 aliphatic carbocycles. The first kappa shape index (κ1) is 13.3. The Morgan fingerprint density at radius 2 is 2.06 bits per heavy atom. The second-order valence-electron chi connectivity index (χ2n) is 3.45. The highest BCUT2D eigenvalue weighted by molar-refractivity contribution is 6.30. The van der Waals surface area contributed by atoms with E-state index in [-0.39, 0.29) is 0 Å². The van der Waals surface area contributed by atoms with E-state index < -0.39 is 24.5 Å². The van der Waals surface area contributed by atoms with Gasteiger partial charge in [0.1, 0.15) is 5.75 Å². The van der Waals surface area contributed by atoms with Gasteiger partial charge in [0.25, 0.3) is 0 Å². The highest BCUT2D eigenvalue weighted by Crippen LogP contribution is 2.23. The molecule has 0 saturated heterocycles. The number of hydrogen-bond donors (Lipinski definition) is 2. The van der Waals surface area contributed by atoms with Crippen LogP contribution in [0.5, 0.6) is 5.75 Å². The summed E-state index contributed by atoms with van der Waals surface area (Å²) in [5.74, 6) is -2.24. The van der Waals surface area contributed by atoms with E-state index in [4.69, 9.17) is 26.6 Å². The lowest BCUT2D eigenvalue weighted by Crippen LogP contribution is -2.29. The first-order chi connectivity index (χ1) is 7.90. The second-order valence-corrected chi connectivity index (χ2v) is 3.89. The van der Waals surface area contributed by atoms with Gasteiger partial charge in [-0.1, -0.05) is 11.6 Å². The van der Waals surface area contributed by atoms with Crippen molar-refractivity contribution in [2.24, 2.45) is 0 Å². The minimum Gasteiger partial charge on any atom is -0.481 e. The van der Waals surface area contributed by atoms with Gasteiger partial charge < -0.3 is 14.9 Å². The Hall–Kier alpha value is -1.75. The molecule has 1 rings (SSSR count). The standard InChI is InChI=1S/C11H11ClO5/c1-6-4-7(12)2-3-8(6)17-9(11(15)16)5-10(13)14/h2-4,9H,5H2,1H3,(H,13,14)(H,15,16). The van der Waals surface area contributed by atoms with Gasteiger partial charge >= 0.3 is 11.9 Å². The van der Waals surface area contributed by atoms with Crippen molar-refractivity contribution in [3.05, 3.63) is 28.8 Å². The zero-order valence-electron chi connectivity index (χ0n) is 9.01. The molecule has 92 valence electrons. The van der Waals surface area contributed by atoms with Crippen molar-refractivity contribution in [3.8, 4) is 5.75 Å². The third-order valence-corrected chi connectivity index (χ3v) is 2.28. The molecule has 0 aromatic heterocycles. The van der Waals surface area contributed by atoms with E-state index in [1.165, 1.54) is 6.07 Å². The van der Waals surface area contributed by atoms with Crippen LogP contribution in [0.15, 0.2) is 18.2 Å². The summed E-state index contributed by atoms with van der Waals surface area (Å²) in [5, 5.41) is 17.9. The van der Waals surface area contributed by atoms with Crippen molar-refractivity contribution in [2.45, 2.75) is 19.4 Å². The van der Waals surface area contributed by atoms with Gasteiger partial charge in [0, 0.05) is 5.02 Å². The van der Waals surface area contributed by atoms with Crippen molar-refractivity contribution in [2.75, 3.05) is 0 Å². The van der Waals surface area contributed by atoms with Gasteiger partial charge in [-0.15, -0.1) is 0 Å². The molecule has 1 aromatic rings. The molecular weight excluding hydrogens is 248 g/mol. The Balaban J connectivity index is 2.86. The van der Waals surface area contributed by atoms with Gasteiger partial charge in [0.15, 0.2) is 0 Å². The summed E-state index contributed by atoms with van der Waals surface area (Å²) >= 11 is 5.73. The van der Waals surface area contributed by atoms with E-state index in [1.54, 1.807) is 19.1 Å². The third kappa shape index (κ3) is 3.96. The number of rotatable bonds is 5. The van der Waals surface area contributed by atoms with Crippen LogP contribution in [0.3, 0.4) is 0 Å². The number of ether oxygens (including phenoxy) is 1. The Kier molecular flexibility index (Phi) is 4.34. The molecule has 0 saturated carbocycles. The van der Waals surface area contributed by atoms with E-state index in [0.717, 1.165) is 0 Å².